The van der Waals surface area contributed by atoms with Crippen LogP contribution < -0.4 is 10.1 Å². The summed E-state index contributed by atoms with van der Waals surface area (Å²) in [5.74, 6) is 1.33. The number of methoxy groups -OCH3 is 1. The lowest BCUT2D eigenvalue weighted by Gasteiger charge is -2.09. The molecule has 0 spiro atoms. The lowest BCUT2D eigenvalue weighted by atomic mass is 10.1. The molecule has 148 valence electrons. The Hall–Kier alpha value is -3.61. The van der Waals surface area contributed by atoms with E-state index < -0.39 is 0 Å². The number of ether oxygens (including phenoxy) is 1. The van der Waals surface area contributed by atoms with Crippen LogP contribution >= 0.6 is 0 Å². The first-order valence-corrected chi connectivity index (χ1v) is 9.37. The fourth-order valence-electron chi connectivity index (χ4n) is 3.14. The van der Waals surface area contributed by atoms with Gasteiger partial charge in [0, 0.05) is 12.5 Å². The molecule has 2 aromatic heterocycles. The van der Waals surface area contributed by atoms with Crippen molar-refractivity contribution < 1.29 is 14.1 Å². The molecule has 4 aromatic rings. The van der Waals surface area contributed by atoms with Gasteiger partial charge >= 0.3 is 0 Å². The number of benzene rings is 2. The van der Waals surface area contributed by atoms with Crippen molar-refractivity contribution in [3.63, 3.8) is 0 Å². The van der Waals surface area contributed by atoms with Crippen molar-refractivity contribution in [2.24, 2.45) is 0 Å². The number of amides is 1. The number of imidazole rings is 1. The molecular weight excluding hydrogens is 368 g/mol. The fourth-order valence-corrected chi connectivity index (χ4v) is 3.14. The summed E-state index contributed by atoms with van der Waals surface area (Å²) in [6.45, 7) is 3.90. The summed E-state index contributed by atoms with van der Waals surface area (Å²) in [5.41, 5.74) is 4.70. The molecule has 0 aliphatic heterocycles. The Morgan fingerprint density at radius 1 is 1.21 bits per heavy atom. The number of hydrogen-bond acceptors (Lipinski definition) is 5. The first-order valence-electron chi connectivity index (χ1n) is 9.37. The Balaban J connectivity index is 1.42. The number of fused-ring (bicyclic) bond motifs is 1. The van der Waals surface area contributed by atoms with Gasteiger partial charge in [0.15, 0.2) is 0 Å². The van der Waals surface area contributed by atoms with Gasteiger partial charge in [-0.25, -0.2) is 4.98 Å². The molecule has 0 saturated carbocycles. The highest BCUT2D eigenvalue weighted by Crippen LogP contribution is 2.18. The van der Waals surface area contributed by atoms with E-state index in [2.05, 4.69) is 20.4 Å². The number of carbonyl (C=O) groups excluding carboxylic acids is 1. The van der Waals surface area contributed by atoms with Crippen LogP contribution in [0.5, 0.6) is 5.75 Å². The quantitative estimate of drug-likeness (QED) is 0.520. The van der Waals surface area contributed by atoms with Crippen LogP contribution in [0.3, 0.4) is 0 Å². The average Bonchev–Trinajstić information content (AvgIpc) is 3.35. The average molecular weight is 390 g/mol. The van der Waals surface area contributed by atoms with Gasteiger partial charge in [-0.15, -0.1) is 0 Å². The highest BCUT2D eigenvalue weighted by atomic mass is 16.5. The van der Waals surface area contributed by atoms with E-state index in [0.717, 1.165) is 27.9 Å². The number of aromatic nitrogens is 3. The van der Waals surface area contributed by atoms with Gasteiger partial charge in [-0.05, 0) is 49.2 Å². The van der Waals surface area contributed by atoms with Crippen molar-refractivity contribution in [2.75, 3.05) is 7.11 Å². The smallest absolute Gasteiger partial charge is 0.290 e. The van der Waals surface area contributed by atoms with Gasteiger partial charge in [0.1, 0.15) is 11.6 Å². The molecule has 2 aromatic carbocycles. The molecule has 0 bridgehead atoms. The topological polar surface area (TPSA) is 93.0 Å². The Morgan fingerprint density at radius 3 is 2.76 bits per heavy atom. The first kappa shape index (κ1) is 18.7. The van der Waals surface area contributed by atoms with Crippen LogP contribution in [-0.2, 0) is 6.42 Å². The molecule has 1 atom stereocenters. The molecule has 7 heteroatoms. The van der Waals surface area contributed by atoms with E-state index >= 15 is 0 Å². The molecule has 2 heterocycles. The molecule has 2 N–H and O–H groups in total. The minimum Gasteiger partial charge on any atom is -0.497 e. The van der Waals surface area contributed by atoms with Gasteiger partial charge in [0.05, 0.1) is 29.9 Å². The summed E-state index contributed by atoms with van der Waals surface area (Å²) >= 11 is 0. The number of nitrogens with one attached hydrogen (secondary N) is 2. The van der Waals surface area contributed by atoms with E-state index in [1.54, 1.807) is 13.2 Å². The molecule has 0 unspecified atom stereocenters. The number of aryl methyl sites for hydroxylation is 1. The summed E-state index contributed by atoms with van der Waals surface area (Å²) in [4.78, 5) is 20.4. The van der Waals surface area contributed by atoms with Crippen LogP contribution in [-0.4, -0.2) is 28.1 Å². The SMILES string of the molecule is COc1ccc(Cc2cc(C(=O)N[C@@H](C)c3nc4ccc(C)cc4[nH]3)on2)cc1. The van der Waals surface area contributed by atoms with E-state index in [4.69, 9.17) is 9.26 Å². The minimum atomic E-state index is -0.331. The highest BCUT2D eigenvalue weighted by Gasteiger charge is 2.18. The van der Waals surface area contributed by atoms with Crippen molar-refractivity contribution in [3.8, 4) is 5.75 Å². The Labute approximate surface area is 168 Å². The number of aromatic amines is 1. The summed E-state index contributed by atoms with van der Waals surface area (Å²) in [6.07, 6.45) is 0.569. The van der Waals surface area contributed by atoms with E-state index in [-0.39, 0.29) is 17.7 Å². The molecule has 0 fully saturated rings. The van der Waals surface area contributed by atoms with Crippen LogP contribution in [0.25, 0.3) is 11.0 Å². The predicted molar refractivity (Wildman–Crippen MR) is 109 cm³/mol. The molecule has 0 aliphatic rings. The van der Waals surface area contributed by atoms with E-state index in [9.17, 15) is 4.79 Å². The van der Waals surface area contributed by atoms with Gasteiger partial charge in [0.2, 0.25) is 5.76 Å². The van der Waals surface area contributed by atoms with E-state index in [1.165, 1.54) is 0 Å². The summed E-state index contributed by atoms with van der Waals surface area (Å²) in [7, 11) is 1.63. The van der Waals surface area contributed by atoms with Crippen molar-refractivity contribution in [3.05, 3.63) is 76.9 Å². The molecule has 0 radical (unpaired) electrons. The van der Waals surface area contributed by atoms with E-state index in [0.29, 0.717) is 17.9 Å². The maximum absolute atomic E-state index is 12.5. The molecule has 4 rings (SSSR count). The number of hydrogen-bond donors (Lipinski definition) is 2. The van der Waals surface area contributed by atoms with Crippen LogP contribution in [0.15, 0.2) is 53.1 Å². The first-order chi connectivity index (χ1) is 14.0. The summed E-state index contributed by atoms with van der Waals surface area (Å²) < 4.78 is 10.4. The number of carbonyl (C=O) groups is 1. The van der Waals surface area contributed by atoms with Gasteiger partial charge < -0.3 is 19.6 Å². The van der Waals surface area contributed by atoms with Crippen LogP contribution in [0.2, 0.25) is 0 Å². The lowest BCUT2D eigenvalue weighted by molar-refractivity contribution is 0.0901. The van der Waals surface area contributed by atoms with Gasteiger partial charge in [0.25, 0.3) is 5.91 Å². The second kappa shape index (κ2) is 7.79. The lowest BCUT2D eigenvalue weighted by Crippen LogP contribution is -2.27. The van der Waals surface area contributed by atoms with Crippen LogP contribution in [0.1, 0.15) is 46.2 Å². The third kappa shape index (κ3) is 4.13. The monoisotopic (exact) mass is 390 g/mol. The number of nitrogens with zero attached hydrogens (tertiary/aromatic N) is 2. The Morgan fingerprint density at radius 2 is 2.00 bits per heavy atom. The maximum Gasteiger partial charge on any atom is 0.290 e. The second-order valence-corrected chi connectivity index (χ2v) is 7.05. The van der Waals surface area contributed by atoms with Crippen LogP contribution in [0.4, 0.5) is 0 Å². The number of H-pyrrole nitrogens is 1. The van der Waals surface area contributed by atoms with Gasteiger partial charge in [-0.2, -0.15) is 0 Å². The third-order valence-electron chi connectivity index (χ3n) is 4.74. The van der Waals surface area contributed by atoms with Gasteiger partial charge in [-0.3, -0.25) is 4.79 Å². The summed E-state index contributed by atoms with van der Waals surface area (Å²) in [6, 6.07) is 15.0. The Kier molecular flexibility index (Phi) is 5.03. The maximum atomic E-state index is 12.5. The van der Waals surface area contributed by atoms with Crippen molar-refractivity contribution in [2.45, 2.75) is 26.3 Å². The van der Waals surface area contributed by atoms with Crippen molar-refractivity contribution in [1.29, 1.82) is 0 Å². The predicted octanol–water partition coefficient (Wildman–Crippen LogP) is 3.95. The molecule has 7 nitrogen and oxygen atoms in total. The van der Waals surface area contributed by atoms with Crippen molar-refractivity contribution >= 4 is 16.9 Å². The Bertz CT molecular complexity index is 1140. The summed E-state index contributed by atoms with van der Waals surface area (Å²) in [5, 5.41) is 6.91. The fraction of sp³-hybridized carbons (Fsp3) is 0.227. The van der Waals surface area contributed by atoms with Crippen LogP contribution in [0, 0.1) is 6.92 Å². The molecule has 0 saturated heterocycles. The molecule has 0 aliphatic carbocycles. The zero-order chi connectivity index (χ0) is 20.4. The van der Waals surface area contributed by atoms with E-state index in [1.807, 2.05) is 56.3 Å². The second-order valence-electron chi connectivity index (χ2n) is 7.05. The zero-order valence-corrected chi connectivity index (χ0v) is 16.5. The standard InChI is InChI=1S/C22H22N4O3/c1-13-4-9-18-19(10-13)25-21(24-18)14(2)23-22(27)20-12-16(26-29-20)11-15-5-7-17(28-3)8-6-15/h4-10,12,14H,11H2,1-3H3,(H,23,27)(H,24,25)/t14-/m0/s1. The number of rotatable bonds is 6. The minimum absolute atomic E-state index is 0.173. The van der Waals surface area contributed by atoms with Crippen molar-refractivity contribution in [1.82, 2.24) is 20.4 Å². The highest BCUT2D eigenvalue weighted by molar-refractivity contribution is 5.91. The van der Waals surface area contributed by atoms with Gasteiger partial charge in [-0.1, -0.05) is 23.4 Å². The molecular formula is C22H22N4O3. The molecule has 29 heavy (non-hydrogen) atoms. The normalized spacial score (nSPS) is 12.1. The largest absolute Gasteiger partial charge is 0.497 e. The third-order valence-corrected chi connectivity index (χ3v) is 4.74. The molecule has 1 amide bonds. The zero-order valence-electron chi connectivity index (χ0n) is 16.5.